The molecule has 0 aliphatic carbocycles. The van der Waals surface area contributed by atoms with Crippen LogP contribution < -0.4 is 10.6 Å². The molecule has 140 valence electrons. The molecule has 5 nitrogen and oxygen atoms in total. The summed E-state index contributed by atoms with van der Waals surface area (Å²) in [4.78, 5) is 13.5. The normalized spacial score (nSPS) is 22.4. The topological polar surface area (TPSA) is 75.3 Å². The van der Waals surface area contributed by atoms with E-state index in [2.05, 4.69) is 17.6 Å². The summed E-state index contributed by atoms with van der Waals surface area (Å²) in [5.41, 5.74) is 0. The molecule has 0 spiro atoms. The van der Waals surface area contributed by atoms with Crippen LogP contribution in [0.4, 0.5) is 0 Å². The molecule has 2 N–H and O–H groups in total. The Labute approximate surface area is 155 Å². The predicted molar refractivity (Wildman–Crippen MR) is 103 cm³/mol. The number of nitrogens with one attached hydrogen (secondary N) is 2. The van der Waals surface area contributed by atoms with Gasteiger partial charge < -0.3 is 10.6 Å². The molecule has 1 saturated heterocycles. The smallest absolute Gasteiger partial charge is 0.233 e. The van der Waals surface area contributed by atoms with Gasteiger partial charge in [0.1, 0.15) is 0 Å². The Hall–Kier alpha value is -1.05. The van der Waals surface area contributed by atoms with Crippen LogP contribution in [0.1, 0.15) is 40.0 Å². The second kappa shape index (κ2) is 9.05. The number of amides is 1. The number of carbonyl (C=O) groups excluding carboxylic acids is 1. The molecule has 3 unspecified atom stereocenters. The summed E-state index contributed by atoms with van der Waals surface area (Å²) >= 11 is 1.31. The molecule has 3 atom stereocenters. The minimum Gasteiger partial charge on any atom is -0.351 e. The Morgan fingerprint density at radius 3 is 2.80 bits per heavy atom. The lowest BCUT2D eigenvalue weighted by Gasteiger charge is -2.31. The van der Waals surface area contributed by atoms with Crippen molar-refractivity contribution in [2.24, 2.45) is 0 Å². The van der Waals surface area contributed by atoms with Crippen molar-refractivity contribution in [3.63, 3.8) is 0 Å². The Morgan fingerprint density at radius 2 is 2.12 bits per heavy atom. The fraction of sp³-hybridized carbons (Fsp3) is 0.611. The number of piperidine rings is 1. The number of benzene rings is 1. The van der Waals surface area contributed by atoms with E-state index >= 15 is 0 Å². The molecular formula is C18H28N2O3S2. The van der Waals surface area contributed by atoms with Crippen LogP contribution in [0.5, 0.6) is 0 Å². The number of hydrogen-bond acceptors (Lipinski definition) is 5. The standard InChI is InChI=1S/C18H28N2O3S2/c1-4-12-25(22,23)17-10-6-5-9-16(17)24-14(3)18(21)20-15-8-7-11-19-13(15)2/h5-6,9-10,13-15,19H,4,7-8,11-12H2,1-3H3,(H,20,21). The number of sulfone groups is 1. The fourth-order valence-electron chi connectivity index (χ4n) is 2.97. The van der Waals surface area contributed by atoms with Gasteiger partial charge in [0.15, 0.2) is 9.84 Å². The van der Waals surface area contributed by atoms with Crippen LogP contribution in [0.25, 0.3) is 0 Å². The molecule has 25 heavy (non-hydrogen) atoms. The first-order valence-corrected chi connectivity index (χ1v) is 11.4. The molecule has 0 radical (unpaired) electrons. The van der Waals surface area contributed by atoms with Gasteiger partial charge in [-0.25, -0.2) is 8.42 Å². The zero-order chi connectivity index (χ0) is 18.4. The van der Waals surface area contributed by atoms with Crippen molar-refractivity contribution in [2.75, 3.05) is 12.3 Å². The molecule has 1 aromatic carbocycles. The predicted octanol–water partition coefficient (Wildman–Crippen LogP) is 2.61. The van der Waals surface area contributed by atoms with Gasteiger partial charge in [0.2, 0.25) is 5.91 Å². The number of hydrogen-bond donors (Lipinski definition) is 2. The van der Waals surface area contributed by atoms with Crippen LogP contribution in [0, 0.1) is 0 Å². The minimum absolute atomic E-state index is 0.0479. The summed E-state index contributed by atoms with van der Waals surface area (Å²) in [6.45, 7) is 6.74. The molecule has 1 fully saturated rings. The molecular weight excluding hydrogens is 356 g/mol. The van der Waals surface area contributed by atoms with E-state index in [1.807, 2.05) is 19.9 Å². The molecule has 1 heterocycles. The Balaban J connectivity index is 2.07. The number of carbonyl (C=O) groups is 1. The second-order valence-corrected chi connectivity index (χ2v) is 9.99. The third-order valence-electron chi connectivity index (χ3n) is 4.42. The van der Waals surface area contributed by atoms with E-state index in [0.717, 1.165) is 19.4 Å². The lowest BCUT2D eigenvalue weighted by molar-refractivity contribution is -0.121. The molecule has 1 aromatic rings. The summed E-state index contributed by atoms with van der Waals surface area (Å²) in [5, 5.41) is 6.11. The zero-order valence-electron chi connectivity index (χ0n) is 15.1. The first kappa shape index (κ1) is 20.3. The van der Waals surface area contributed by atoms with E-state index in [1.54, 1.807) is 18.2 Å². The largest absolute Gasteiger partial charge is 0.351 e. The highest BCUT2D eigenvalue weighted by atomic mass is 32.2. The van der Waals surface area contributed by atoms with E-state index < -0.39 is 9.84 Å². The maximum absolute atomic E-state index is 12.5. The highest BCUT2D eigenvalue weighted by Crippen LogP contribution is 2.31. The van der Waals surface area contributed by atoms with Gasteiger partial charge >= 0.3 is 0 Å². The number of rotatable bonds is 7. The summed E-state index contributed by atoms with van der Waals surface area (Å²) in [5.74, 6) is 0.0735. The van der Waals surface area contributed by atoms with Crippen LogP contribution >= 0.6 is 11.8 Å². The van der Waals surface area contributed by atoms with E-state index in [9.17, 15) is 13.2 Å². The molecule has 0 aromatic heterocycles. The third-order valence-corrected chi connectivity index (χ3v) is 7.70. The van der Waals surface area contributed by atoms with Crippen molar-refractivity contribution in [3.8, 4) is 0 Å². The van der Waals surface area contributed by atoms with Crippen LogP contribution in [0.15, 0.2) is 34.1 Å². The van der Waals surface area contributed by atoms with Crippen LogP contribution in [-0.4, -0.2) is 44.0 Å². The maximum atomic E-state index is 12.5. The summed E-state index contributed by atoms with van der Waals surface area (Å²) in [6, 6.07) is 7.33. The average Bonchev–Trinajstić information content (AvgIpc) is 2.57. The van der Waals surface area contributed by atoms with Crippen molar-refractivity contribution < 1.29 is 13.2 Å². The van der Waals surface area contributed by atoms with Gasteiger partial charge in [0, 0.05) is 17.0 Å². The molecule has 0 bridgehead atoms. The van der Waals surface area contributed by atoms with Crippen LogP contribution in [0.2, 0.25) is 0 Å². The summed E-state index contributed by atoms with van der Waals surface area (Å²) in [7, 11) is -3.31. The van der Waals surface area contributed by atoms with E-state index in [0.29, 0.717) is 16.2 Å². The van der Waals surface area contributed by atoms with E-state index in [1.165, 1.54) is 11.8 Å². The van der Waals surface area contributed by atoms with Gasteiger partial charge in [-0.1, -0.05) is 19.1 Å². The molecule has 1 aliphatic heterocycles. The monoisotopic (exact) mass is 384 g/mol. The third kappa shape index (κ3) is 5.46. The van der Waals surface area contributed by atoms with Gasteiger partial charge in [0.05, 0.1) is 15.9 Å². The lowest BCUT2D eigenvalue weighted by Crippen LogP contribution is -2.53. The van der Waals surface area contributed by atoms with E-state index in [-0.39, 0.29) is 29.0 Å². The minimum atomic E-state index is -3.31. The van der Waals surface area contributed by atoms with Crippen molar-refractivity contribution in [1.29, 1.82) is 0 Å². The fourth-order valence-corrected chi connectivity index (χ4v) is 5.81. The first-order chi connectivity index (χ1) is 11.8. The highest BCUT2D eigenvalue weighted by molar-refractivity contribution is 8.01. The molecule has 0 saturated carbocycles. The van der Waals surface area contributed by atoms with Crippen molar-refractivity contribution in [1.82, 2.24) is 10.6 Å². The SMILES string of the molecule is CCCS(=O)(=O)c1ccccc1SC(C)C(=O)NC1CCCNC1C. The van der Waals surface area contributed by atoms with Gasteiger partial charge in [-0.2, -0.15) is 0 Å². The van der Waals surface area contributed by atoms with Crippen molar-refractivity contribution in [3.05, 3.63) is 24.3 Å². The highest BCUT2D eigenvalue weighted by Gasteiger charge is 2.26. The summed E-state index contributed by atoms with van der Waals surface area (Å²) < 4.78 is 24.9. The molecule has 7 heteroatoms. The average molecular weight is 385 g/mol. The van der Waals surface area contributed by atoms with Crippen LogP contribution in [0.3, 0.4) is 0 Å². The lowest BCUT2D eigenvalue weighted by atomic mass is 10.00. The van der Waals surface area contributed by atoms with E-state index in [4.69, 9.17) is 0 Å². The van der Waals surface area contributed by atoms with Crippen LogP contribution in [-0.2, 0) is 14.6 Å². The zero-order valence-corrected chi connectivity index (χ0v) is 16.8. The Morgan fingerprint density at radius 1 is 1.40 bits per heavy atom. The summed E-state index contributed by atoms with van der Waals surface area (Å²) in [6.07, 6.45) is 2.59. The van der Waals surface area contributed by atoms with Gasteiger partial charge in [-0.15, -0.1) is 11.8 Å². The van der Waals surface area contributed by atoms with Gasteiger partial charge in [-0.3, -0.25) is 4.79 Å². The Bertz CT molecular complexity index is 691. The maximum Gasteiger partial charge on any atom is 0.233 e. The first-order valence-electron chi connectivity index (χ1n) is 8.87. The van der Waals surface area contributed by atoms with Crippen molar-refractivity contribution >= 4 is 27.5 Å². The van der Waals surface area contributed by atoms with Crippen molar-refractivity contribution in [2.45, 2.75) is 67.2 Å². The number of thioether (sulfide) groups is 1. The molecule has 1 amide bonds. The van der Waals surface area contributed by atoms with Gasteiger partial charge in [0.25, 0.3) is 0 Å². The molecule has 1 aliphatic rings. The quantitative estimate of drug-likeness (QED) is 0.707. The Kier molecular flexibility index (Phi) is 7.34. The second-order valence-electron chi connectivity index (χ2n) is 6.53. The molecule has 2 rings (SSSR count). The van der Waals surface area contributed by atoms with Gasteiger partial charge in [-0.05, 0) is 51.8 Å².